The fraction of sp³-hybridized carbons (Fsp3) is 0.389. The van der Waals surface area contributed by atoms with Gasteiger partial charge in [0.05, 0.1) is 18.1 Å². The van der Waals surface area contributed by atoms with Crippen molar-refractivity contribution in [3.05, 3.63) is 34.7 Å². The number of thioether (sulfide) groups is 1. The lowest BCUT2D eigenvalue weighted by atomic mass is 10.1. The smallest absolute Gasteiger partial charge is 0.326 e. The molecule has 25 heavy (non-hydrogen) atoms. The van der Waals surface area contributed by atoms with E-state index in [0.29, 0.717) is 23.8 Å². The third-order valence-corrected chi connectivity index (χ3v) is 4.15. The van der Waals surface area contributed by atoms with Crippen molar-refractivity contribution >= 4 is 35.0 Å². The van der Waals surface area contributed by atoms with E-state index in [-0.39, 0.29) is 18.1 Å². The molecule has 2 rings (SSSR count). The van der Waals surface area contributed by atoms with Crippen molar-refractivity contribution in [2.24, 2.45) is 5.92 Å². The average Bonchev–Trinajstić information content (AvgIpc) is 2.82. The maximum atomic E-state index is 12.4. The van der Waals surface area contributed by atoms with Crippen LogP contribution in [0, 0.1) is 5.92 Å². The van der Waals surface area contributed by atoms with E-state index in [1.54, 1.807) is 13.0 Å². The average molecular weight is 363 g/mol. The Bertz CT molecular complexity index is 698. The summed E-state index contributed by atoms with van der Waals surface area (Å²) in [5.74, 6) is -0.0910. The van der Waals surface area contributed by atoms with Gasteiger partial charge in [-0.15, -0.1) is 0 Å². The number of carbonyl (C=O) groups excluding carboxylic acids is 3. The van der Waals surface area contributed by atoms with Gasteiger partial charge in [-0.2, -0.15) is 0 Å². The maximum absolute atomic E-state index is 12.4. The minimum Gasteiger partial charge on any atom is -0.493 e. The van der Waals surface area contributed by atoms with Crippen molar-refractivity contribution in [2.45, 2.75) is 20.8 Å². The SMILES string of the molecule is CCOC(=O)CN1C(=O)S/C(=C/c2ccccc2OCC(C)C)C1=O. The largest absolute Gasteiger partial charge is 0.493 e. The van der Waals surface area contributed by atoms with E-state index in [0.717, 1.165) is 16.7 Å². The molecule has 0 unspecified atom stereocenters. The summed E-state index contributed by atoms with van der Waals surface area (Å²) in [6.45, 7) is 6.13. The Kier molecular flexibility index (Phi) is 6.64. The van der Waals surface area contributed by atoms with Crippen LogP contribution in [0.5, 0.6) is 5.75 Å². The van der Waals surface area contributed by atoms with Crippen LogP contribution in [0.15, 0.2) is 29.2 Å². The Hall–Kier alpha value is -2.28. The third-order valence-electron chi connectivity index (χ3n) is 3.24. The molecule has 1 aliphatic heterocycles. The van der Waals surface area contributed by atoms with Gasteiger partial charge in [0.1, 0.15) is 12.3 Å². The summed E-state index contributed by atoms with van der Waals surface area (Å²) in [6, 6.07) is 7.31. The van der Waals surface area contributed by atoms with Crippen molar-refractivity contribution < 1.29 is 23.9 Å². The zero-order valence-electron chi connectivity index (χ0n) is 14.5. The molecule has 0 saturated carbocycles. The highest BCUT2D eigenvalue weighted by atomic mass is 32.2. The lowest BCUT2D eigenvalue weighted by Gasteiger charge is -2.12. The van der Waals surface area contributed by atoms with Crippen LogP contribution in [0.2, 0.25) is 0 Å². The number of hydrogen-bond acceptors (Lipinski definition) is 6. The number of benzene rings is 1. The Labute approximate surface area is 151 Å². The number of rotatable bonds is 7. The summed E-state index contributed by atoms with van der Waals surface area (Å²) in [4.78, 5) is 37.1. The normalized spacial score (nSPS) is 16.0. The molecule has 1 aromatic rings. The van der Waals surface area contributed by atoms with Crippen molar-refractivity contribution in [1.82, 2.24) is 4.90 Å². The van der Waals surface area contributed by atoms with Gasteiger partial charge in [-0.05, 0) is 36.7 Å². The molecule has 1 fully saturated rings. The Morgan fingerprint density at radius 3 is 2.68 bits per heavy atom. The van der Waals surface area contributed by atoms with Crippen LogP contribution >= 0.6 is 11.8 Å². The lowest BCUT2D eigenvalue weighted by molar-refractivity contribution is -0.145. The highest BCUT2D eigenvalue weighted by molar-refractivity contribution is 8.18. The standard InChI is InChI=1S/C18H21NO5S/c1-4-23-16(20)10-19-17(21)15(25-18(19)22)9-13-7-5-6-8-14(13)24-11-12(2)3/h5-9,12H,4,10-11H2,1-3H3/b15-9+. The molecule has 2 amide bonds. The van der Waals surface area contributed by atoms with Crippen LogP contribution in [0.4, 0.5) is 4.79 Å². The van der Waals surface area contributed by atoms with Gasteiger partial charge in [-0.3, -0.25) is 19.3 Å². The van der Waals surface area contributed by atoms with Gasteiger partial charge in [-0.1, -0.05) is 32.0 Å². The number of imide groups is 1. The van der Waals surface area contributed by atoms with Crippen LogP contribution in [-0.4, -0.2) is 41.8 Å². The fourth-order valence-corrected chi connectivity index (χ4v) is 2.93. The third kappa shape index (κ3) is 5.09. The molecule has 1 saturated heterocycles. The number of nitrogens with zero attached hydrogens (tertiary/aromatic N) is 1. The predicted molar refractivity (Wildman–Crippen MR) is 96.1 cm³/mol. The number of amides is 2. The first-order valence-corrected chi connectivity index (χ1v) is 8.86. The second-order valence-corrected chi connectivity index (χ2v) is 6.81. The second-order valence-electron chi connectivity index (χ2n) is 5.82. The fourth-order valence-electron chi connectivity index (χ4n) is 2.10. The van der Waals surface area contributed by atoms with Crippen LogP contribution in [-0.2, 0) is 14.3 Å². The summed E-state index contributed by atoms with van der Waals surface area (Å²) < 4.78 is 10.6. The molecule has 1 heterocycles. The minimum atomic E-state index is -0.605. The van der Waals surface area contributed by atoms with Crippen molar-refractivity contribution in [1.29, 1.82) is 0 Å². The van der Waals surface area contributed by atoms with Gasteiger partial charge in [0.2, 0.25) is 0 Å². The van der Waals surface area contributed by atoms with E-state index in [9.17, 15) is 14.4 Å². The molecule has 1 aromatic carbocycles. The maximum Gasteiger partial charge on any atom is 0.326 e. The summed E-state index contributed by atoms with van der Waals surface area (Å²) in [6.07, 6.45) is 1.62. The zero-order valence-corrected chi connectivity index (χ0v) is 15.3. The topological polar surface area (TPSA) is 72.9 Å². The highest BCUT2D eigenvalue weighted by Gasteiger charge is 2.36. The van der Waals surface area contributed by atoms with Crippen molar-refractivity contribution in [3.8, 4) is 5.75 Å². The quantitative estimate of drug-likeness (QED) is 0.547. The van der Waals surface area contributed by atoms with Crippen LogP contribution in [0.3, 0.4) is 0 Å². The van der Waals surface area contributed by atoms with Crippen LogP contribution in [0.1, 0.15) is 26.3 Å². The number of carbonyl (C=O) groups is 3. The van der Waals surface area contributed by atoms with E-state index < -0.39 is 17.1 Å². The van der Waals surface area contributed by atoms with Gasteiger partial charge < -0.3 is 9.47 Å². The van der Waals surface area contributed by atoms with Gasteiger partial charge in [-0.25, -0.2) is 0 Å². The van der Waals surface area contributed by atoms with Gasteiger partial charge >= 0.3 is 5.97 Å². The zero-order chi connectivity index (χ0) is 18.4. The molecule has 6 nitrogen and oxygen atoms in total. The van der Waals surface area contributed by atoms with E-state index in [1.165, 1.54) is 0 Å². The summed E-state index contributed by atoms with van der Waals surface area (Å²) in [7, 11) is 0. The number of esters is 1. The highest BCUT2D eigenvalue weighted by Crippen LogP contribution is 2.33. The molecule has 0 radical (unpaired) electrons. The van der Waals surface area contributed by atoms with Crippen LogP contribution < -0.4 is 4.74 Å². The summed E-state index contributed by atoms with van der Waals surface area (Å²) >= 11 is 0.805. The van der Waals surface area contributed by atoms with Crippen molar-refractivity contribution in [3.63, 3.8) is 0 Å². The predicted octanol–water partition coefficient (Wildman–Crippen LogP) is 3.32. The summed E-state index contributed by atoms with van der Waals surface area (Å²) in [5, 5.41) is -0.482. The molecule has 0 spiro atoms. The molecule has 134 valence electrons. The number of ether oxygens (including phenoxy) is 2. The minimum absolute atomic E-state index is 0.200. The number of hydrogen-bond donors (Lipinski definition) is 0. The van der Waals surface area contributed by atoms with E-state index >= 15 is 0 Å². The molecule has 1 aliphatic rings. The van der Waals surface area contributed by atoms with E-state index in [4.69, 9.17) is 9.47 Å². The first-order valence-electron chi connectivity index (χ1n) is 8.05. The lowest BCUT2D eigenvalue weighted by Crippen LogP contribution is -2.34. The Morgan fingerprint density at radius 2 is 2.00 bits per heavy atom. The first-order chi connectivity index (χ1) is 11.9. The number of para-hydroxylation sites is 1. The Morgan fingerprint density at radius 1 is 1.28 bits per heavy atom. The molecular weight excluding hydrogens is 342 g/mol. The van der Waals surface area contributed by atoms with Gasteiger partial charge in [0, 0.05) is 5.56 Å². The van der Waals surface area contributed by atoms with Gasteiger partial charge in [0.25, 0.3) is 11.1 Å². The first kappa shape index (κ1) is 19.1. The van der Waals surface area contributed by atoms with Crippen LogP contribution in [0.25, 0.3) is 6.08 Å². The van der Waals surface area contributed by atoms with Gasteiger partial charge in [0.15, 0.2) is 0 Å². The van der Waals surface area contributed by atoms with E-state index in [2.05, 4.69) is 0 Å². The molecule has 0 aliphatic carbocycles. The monoisotopic (exact) mass is 363 g/mol. The second kappa shape index (κ2) is 8.71. The van der Waals surface area contributed by atoms with Crippen molar-refractivity contribution in [2.75, 3.05) is 19.8 Å². The van der Waals surface area contributed by atoms with E-state index in [1.807, 2.05) is 38.1 Å². The summed E-state index contributed by atoms with van der Waals surface area (Å²) in [5.41, 5.74) is 0.713. The molecule has 0 bridgehead atoms. The molecule has 0 N–H and O–H groups in total. The molecule has 0 aromatic heterocycles. The Balaban J connectivity index is 2.18. The molecular formula is C18H21NO5S. The molecule has 0 atom stereocenters. The molecule has 7 heteroatoms.